The third-order valence-electron chi connectivity index (χ3n) is 3.61. The Balaban J connectivity index is 1.78. The van der Waals surface area contributed by atoms with Gasteiger partial charge in [-0.15, -0.1) is 0 Å². The van der Waals surface area contributed by atoms with Gasteiger partial charge in [-0.05, 0) is 36.2 Å². The van der Waals surface area contributed by atoms with E-state index in [0.717, 1.165) is 28.6 Å². The highest BCUT2D eigenvalue weighted by Gasteiger charge is 2.23. The van der Waals surface area contributed by atoms with Crippen LogP contribution >= 0.6 is 35.0 Å². The minimum absolute atomic E-state index is 0.0234. The average Bonchev–Trinajstić information content (AvgIpc) is 2.59. The lowest BCUT2D eigenvalue weighted by Gasteiger charge is -2.28. The first-order chi connectivity index (χ1) is 11.6. The molecule has 0 N–H and O–H groups in total. The smallest absolute Gasteiger partial charge is 0.232 e. The quantitative estimate of drug-likeness (QED) is 0.735. The van der Waals surface area contributed by atoms with Crippen LogP contribution in [0.1, 0.15) is 12.0 Å². The third kappa shape index (κ3) is 4.32. The van der Waals surface area contributed by atoms with Crippen molar-refractivity contribution >= 4 is 51.7 Å². The molecule has 0 spiro atoms. The van der Waals surface area contributed by atoms with Crippen molar-refractivity contribution in [2.45, 2.75) is 12.8 Å². The maximum atomic E-state index is 12.7. The summed E-state index contributed by atoms with van der Waals surface area (Å²) in [5.74, 6) is 0.998. The van der Waals surface area contributed by atoms with Crippen LogP contribution in [0.4, 0.5) is 5.69 Å². The molecule has 0 aromatic heterocycles. The maximum Gasteiger partial charge on any atom is 0.232 e. The first-order valence-corrected chi connectivity index (χ1v) is 9.38. The van der Waals surface area contributed by atoms with Gasteiger partial charge in [0.05, 0.1) is 22.2 Å². The van der Waals surface area contributed by atoms with E-state index in [0.29, 0.717) is 16.6 Å². The molecule has 1 fully saturated rings. The largest absolute Gasteiger partial charge is 0.291 e. The Morgan fingerprint density at radius 1 is 1.12 bits per heavy atom. The lowest BCUT2D eigenvalue weighted by atomic mass is 10.1. The molecule has 1 saturated heterocycles. The van der Waals surface area contributed by atoms with Crippen LogP contribution in [0.3, 0.4) is 0 Å². The van der Waals surface area contributed by atoms with Crippen molar-refractivity contribution in [1.29, 1.82) is 0 Å². The number of hydrogen-bond donors (Lipinski definition) is 0. The summed E-state index contributed by atoms with van der Waals surface area (Å²) >= 11 is 13.6. The van der Waals surface area contributed by atoms with Gasteiger partial charge in [0.25, 0.3) is 0 Å². The fourth-order valence-corrected chi connectivity index (χ4v) is 3.71. The molecule has 0 unspecified atom stereocenters. The highest BCUT2D eigenvalue weighted by atomic mass is 35.5. The number of aliphatic imine (C=N–C) groups is 1. The molecule has 1 heterocycles. The maximum absolute atomic E-state index is 12.7. The van der Waals surface area contributed by atoms with Crippen LogP contribution in [0, 0.1) is 0 Å². The normalized spacial score (nSPS) is 16.4. The number of carbonyl (C=O) groups is 1. The summed E-state index contributed by atoms with van der Waals surface area (Å²) < 4.78 is 0. The van der Waals surface area contributed by atoms with Crippen molar-refractivity contribution in [1.82, 2.24) is 4.90 Å². The summed E-state index contributed by atoms with van der Waals surface area (Å²) in [5, 5.41) is 1.72. The average molecular weight is 379 g/mol. The van der Waals surface area contributed by atoms with E-state index in [1.165, 1.54) is 0 Å². The minimum Gasteiger partial charge on any atom is -0.291 e. The van der Waals surface area contributed by atoms with Crippen molar-refractivity contribution < 1.29 is 4.79 Å². The Bertz CT molecular complexity index is 765. The molecule has 0 aliphatic carbocycles. The SMILES string of the molecule is O=C(Cc1ccc(Cl)c(Cl)c1)N1CCCSC1=Nc1ccccc1. The van der Waals surface area contributed by atoms with Crippen LogP contribution in [0.5, 0.6) is 0 Å². The summed E-state index contributed by atoms with van der Waals surface area (Å²) in [6.45, 7) is 0.693. The molecule has 0 saturated carbocycles. The van der Waals surface area contributed by atoms with E-state index in [9.17, 15) is 4.79 Å². The molecule has 3 rings (SSSR count). The highest BCUT2D eigenvalue weighted by molar-refractivity contribution is 8.13. The Kier molecular flexibility index (Phi) is 5.82. The van der Waals surface area contributed by atoms with Crippen molar-refractivity contribution in [2.24, 2.45) is 4.99 Å². The van der Waals surface area contributed by atoms with Crippen LogP contribution in [-0.2, 0) is 11.2 Å². The van der Waals surface area contributed by atoms with E-state index in [1.807, 2.05) is 36.4 Å². The van der Waals surface area contributed by atoms with Gasteiger partial charge in [-0.1, -0.05) is 59.2 Å². The van der Waals surface area contributed by atoms with E-state index in [2.05, 4.69) is 4.99 Å². The minimum atomic E-state index is 0.0234. The molecule has 1 aliphatic rings. The van der Waals surface area contributed by atoms with Gasteiger partial charge in [-0.25, -0.2) is 4.99 Å². The Morgan fingerprint density at radius 2 is 1.92 bits per heavy atom. The van der Waals surface area contributed by atoms with Crippen LogP contribution in [0.25, 0.3) is 0 Å². The van der Waals surface area contributed by atoms with Gasteiger partial charge in [0.1, 0.15) is 0 Å². The summed E-state index contributed by atoms with van der Waals surface area (Å²) in [7, 11) is 0. The zero-order valence-corrected chi connectivity index (χ0v) is 15.2. The molecule has 3 nitrogen and oxygen atoms in total. The number of amidine groups is 1. The van der Waals surface area contributed by atoms with Crippen molar-refractivity contribution in [2.75, 3.05) is 12.3 Å². The number of nitrogens with zero attached hydrogens (tertiary/aromatic N) is 2. The molecular formula is C18H16Cl2N2OS. The van der Waals surface area contributed by atoms with Crippen LogP contribution < -0.4 is 0 Å². The third-order valence-corrected chi connectivity index (χ3v) is 5.41. The van der Waals surface area contributed by atoms with Crippen molar-refractivity contribution in [3.8, 4) is 0 Å². The van der Waals surface area contributed by atoms with E-state index in [-0.39, 0.29) is 12.3 Å². The predicted molar refractivity (Wildman–Crippen MR) is 102 cm³/mol. The molecule has 2 aromatic carbocycles. The molecule has 0 atom stereocenters. The number of carbonyl (C=O) groups excluding carboxylic acids is 1. The molecule has 0 radical (unpaired) electrons. The Hall–Kier alpha value is -1.49. The lowest BCUT2D eigenvalue weighted by Crippen LogP contribution is -2.40. The van der Waals surface area contributed by atoms with Gasteiger partial charge in [0.15, 0.2) is 5.17 Å². The Morgan fingerprint density at radius 3 is 2.67 bits per heavy atom. The lowest BCUT2D eigenvalue weighted by molar-refractivity contribution is -0.126. The van der Waals surface area contributed by atoms with Gasteiger partial charge in [0, 0.05) is 12.3 Å². The number of hydrogen-bond acceptors (Lipinski definition) is 3. The molecule has 24 heavy (non-hydrogen) atoms. The molecule has 6 heteroatoms. The summed E-state index contributed by atoms with van der Waals surface area (Å²) in [6, 6.07) is 15.0. The molecule has 1 aliphatic heterocycles. The van der Waals surface area contributed by atoms with E-state index >= 15 is 0 Å². The van der Waals surface area contributed by atoms with Crippen LogP contribution in [-0.4, -0.2) is 28.3 Å². The molecule has 0 bridgehead atoms. The van der Waals surface area contributed by atoms with Gasteiger partial charge in [-0.3, -0.25) is 9.69 Å². The van der Waals surface area contributed by atoms with Crippen LogP contribution in [0.15, 0.2) is 53.5 Å². The highest BCUT2D eigenvalue weighted by Crippen LogP contribution is 2.25. The first-order valence-electron chi connectivity index (χ1n) is 7.64. The van der Waals surface area contributed by atoms with E-state index in [1.54, 1.807) is 28.8 Å². The Labute approximate surface area is 155 Å². The van der Waals surface area contributed by atoms with E-state index in [4.69, 9.17) is 23.2 Å². The fourth-order valence-electron chi connectivity index (χ4n) is 2.42. The van der Waals surface area contributed by atoms with Gasteiger partial charge in [-0.2, -0.15) is 0 Å². The first kappa shape index (κ1) is 17.3. The molecule has 124 valence electrons. The number of halogens is 2. The second-order valence-electron chi connectivity index (χ2n) is 5.40. The monoisotopic (exact) mass is 378 g/mol. The summed E-state index contributed by atoms with van der Waals surface area (Å²) in [5.41, 5.74) is 1.71. The molecule has 1 amide bonds. The van der Waals surface area contributed by atoms with Crippen LogP contribution in [0.2, 0.25) is 10.0 Å². The standard InChI is InChI=1S/C18H16Cl2N2OS/c19-15-8-7-13(11-16(15)20)12-17(23)22-9-4-10-24-18(22)21-14-5-2-1-3-6-14/h1-3,5-8,11H,4,9-10,12H2. The summed E-state index contributed by atoms with van der Waals surface area (Å²) in [6.07, 6.45) is 1.25. The zero-order valence-electron chi connectivity index (χ0n) is 12.9. The van der Waals surface area contributed by atoms with Gasteiger partial charge in [0.2, 0.25) is 5.91 Å². The zero-order chi connectivity index (χ0) is 16.9. The number of amides is 1. The fraction of sp³-hybridized carbons (Fsp3) is 0.222. The van der Waals surface area contributed by atoms with Crippen molar-refractivity contribution in [3.63, 3.8) is 0 Å². The topological polar surface area (TPSA) is 32.7 Å². The van der Waals surface area contributed by atoms with E-state index < -0.39 is 0 Å². The number of thioether (sulfide) groups is 1. The van der Waals surface area contributed by atoms with Gasteiger partial charge < -0.3 is 0 Å². The second kappa shape index (κ2) is 8.06. The molecular weight excluding hydrogens is 363 g/mol. The molecule has 2 aromatic rings. The number of para-hydroxylation sites is 1. The summed E-state index contributed by atoms with van der Waals surface area (Å²) in [4.78, 5) is 19.1. The second-order valence-corrected chi connectivity index (χ2v) is 7.28. The number of rotatable bonds is 3. The van der Waals surface area contributed by atoms with Crippen molar-refractivity contribution in [3.05, 3.63) is 64.1 Å². The number of benzene rings is 2. The van der Waals surface area contributed by atoms with Gasteiger partial charge >= 0.3 is 0 Å². The predicted octanol–water partition coefficient (Wildman–Crippen LogP) is 5.19.